The topological polar surface area (TPSA) is 77.0 Å². The molecule has 3 rings (SSSR count). The third-order valence-corrected chi connectivity index (χ3v) is 5.27. The molecule has 5 nitrogen and oxygen atoms in total. The molecule has 1 aromatic carbocycles. The van der Waals surface area contributed by atoms with E-state index in [0.29, 0.717) is 18.4 Å². The first-order chi connectivity index (χ1) is 12.5. The second kappa shape index (κ2) is 7.57. The minimum absolute atomic E-state index is 0.125. The fourth-order valence-electron chi connectivity index (χ4n) is 3.88. The zero-order chi connectivity index (χ0) is 18.7. The number of aromatic nitrogens is 1. The van der Waals surface area contributed by atoms with E-state index in [1.807, 2.05) is 36.1 Å². The van der Waals surface area contributed by atoms with Crippen LogP contribution in [-0.4, -0.2) is 22.3 Å². The molecule has 1 amide bonds. The van der Waals surface area contributed by atoms with Gasteiger partial charge in [-0.1, -0.05) is 30.3 Å². The summed E-state index contributed by atoms with van der Waals surface area (Å²) >= 11 is 0. The Morgan fingerprint density at radius 1 is 1.31 bits per heavy atom. The van der Waals surface area contributed by atoms with Crippen LogP contribution in [0.5, 0.6) is 0 Å². The highest BCUT2D eigenvalue weighted by Gasteiger charge is 2.29. The van der Waals surface area contributed by atoms with Crippen molar-refractivity contribution in [3.63, 3.8) is 0 Å². The predicted octanol–water partition coefficient (Wildman–Crippen LogP) is 3.16. The molecule has 0 spiro atoms. The average molecular weight is 349 g/mol. The summed E-state index contributed by atoms with van der Waals surface area (Å²) in [6.07, 6.45) is 2.91. The molecule has 26 heavy (non-hydrogen) atoms. The van der Waals surface area contributed by atoms with Crippen LogP contribution in [0.4, 0.5) is 0 Å². The number of aromatic amines is 1. The molecule has 1 aliphatic rings. The van der Waals surface area contributed by atoms with Gasteiger partial charge < -0.3 is 9.88 Å². The van der Waals surface area contributed by atoms with Gasteiger partial charge in [0.1, 0.15) is 11.6 Å². The Morgan fingerprint density at radius 2 is 2.04 bits per heavy atom. The van der Waals surface area contributed by atoms with Crippen LogP contribution in [0.15, 0.2) is 35.1 Å². The smallest absolute Gasteiger partial charge is 0.266 e. The summed E-state index contributed by atoms with van der Waals surface area (Å²) in [6.45, 7) is 4.38. The van der Waals surface area contributed by atoms with Crippen molar-refractivity contribution in [2.45, 2.75) is 45.6 Å². The Balaban J connectivity index is 1.75. The summed E-state index contributed by atoms with van der Waals surface area (Å²) in [6, 6.07) is 12.3. The van der Waals surface area contributed by atoms with Crippen LogP contribution < -0.4 is 5.56 Å². The van der Waals surface area contributed by atoms with E-state index in [1.54, 1.807) is 6.92 Å². The fraction of sp³-hybridized carbons (Fsp3) is 0.381. The van der Waals surface area contributed by atoms with Gasteiger partial charge >= 0.3 is 0 Å². The molecule has 1 aliphatic heterocycles. The monoisotopic (exact) mass is 349 g/mol. The fourth-order valence-corrected chi connectivity index (χ4v) is 3.88. The van der Waals surface area contributed by atoms with Gasteiger partial charge in [-0.15, -0.1) is 0 Å². The Kier molecular flexibility index (Phi) is 5.22. The number of likely N-dealkylation sites (tertiary alicyclic amines) is 1. The number of hydrogen-bond acceptors (Lipinski definition) is 3. The lowest BCUT2D eigenvalue weighted by Gasteiger charge is -2.25. The largest absolute Gasteiger partial charge is 0.336 e. The highest BCUT2D eigenvalue weighted by molar-refractivity contribution is 5.77. The number of hydrogen-bond donors (Lipinski definition) is 1. The minimum atomic E-state index is -0.360. The molecule has 134 valence electrons. The van der Waals surface area contributed by atoms with E-state index < -0.39 is 0 Å². The highest BCUT2D eigenvalue weighted by atomic mass is 16.2. The summed E-state index contributed by atoms with van der Waals surface area (Å²) in [5.41, 5.74) is 3.28. The van der Waals surface area contributed by atoms with Crippen molar-refractivity contribution in [1.82, 2.24) is 9.88 Å². The van der Waals surface area contributed by atoms with Crippen LogP contribution in [0.2, 0.25) is 0 Å². The van der Waals surface area contributed by atoms with Crippen LogP contribution >= 0.6 is 0 Å². The van der Waals surface area contributed by atoms with Gasteiger partial charge in [-0.25, -0.2) is 0 Å². The molecule has 5 heteroatoms. The Morgan fingerprint density at radius 3 is 2.73 bits per heavy atom. The van der Waals surface area contributed by atoms with E-state index in [2.05, 4.69) is 17.1 Å². The third-order valence-electron chi connectivity index (χ3n) is 5.27. The number of benzene rings is 1. The van der Waals surface area contributed by atoms with Crippen LogP contribution in [0, 0.1) is 25.2 Å². The molecule has 0 bridgehead atoms. The van der Waals surface area contributed by atoms with Gasteiger partial charge in [0.2, 0.25) is 5.91 Å². The maximum atomic E-state index is 12.8. The van der Waals surface area contributed by atoms with Crippen molar-refractivity contribution in [1.29, 1.82) is 5.26 Å². The molecule has 0 saturated carbocycles. The zero-order valence-electron chi connectivity index (χ0n) is 15.2. The summed E-state index contributed by atoms with van der Waals surface area (Å²) in [5.74, 6) is 0.125. The van der Waals surface area contributed by atoms with Gasteiger partial charge in [-0.05, 0) is 49.8 Å². The van der Waals surface area contributed by atoms with Gasteiger partial charge in [-0.2, -0.15) is 5.26 Å². The van der Waals surface area contributed by atoms with Crippen LogP contribution in [0.3, 0.4) is 0 Å². The van der Waals surface area contributed by atoms with E-state index >= 15 is 0 Å². The second-order valence-corrected chi connectivity index (χ2v) is 6.83. The number of carbonyl (C=O) groups excluding carboxylic acids is 1. The Labute approximate surface area is 153 Å². The van der Waals surface area contributed by atoms with Gasteiger partial charge in [0.15, 0.2) is 0 Å². The summed E-state index contributed by atoms with van der Waals surface area (Å²) in [4.78, 5) is 29.4. The second-order valence-electron chi connectivity index (χ2n) is 6.83. The first-order valence-electron chi connectivity index (χ1n) is 8.99. The number of pyridine rings is 1. The maximum absolute atomic E-state index is 12.8. The molecule has 0 aliphatic carbocycles. The molecule has 1 atom stereocenters. The summed E-state index contributed by atoms with van der Waals surface area (Å²) in [7, 11) is 0. The molecular weight excluding hydrogens is 326 g/mol. The summed E-state index contributed by atoms with van der Waals surface area (Å²) < 4.78 is 0. The van der Waals surface area contributed by atoms with Crippen molar-refractivity contribution in [3.05, 3.63) is 68.6 Å². The van der Waals surface area contributed by atoms with Crippen molar-refractivity contribution in [2.24, 2.45) is 0 Å². The number of aryl methyl sites for hydroxylation is 1. The normalized spacial score (nSPS) is 16.5. The van der Waals surface area contributed by atoms with E-state index in [9.17, 15) is 14.9 Å². The molecule has 0 unspecified atom stereocenters. The van der Waals surface area contributed by atoms with Gasteiger partial charge in [0.25, 0.3) is 5.56 Å². The number of nitrogens with one attached hydrogen (secondary N) is 1. The molecule has 1 saturated heterocycles. The first-order valence-corrected chi connectivity index (χ1v) is 8.99. The number of rotatable bonds is 4. The lowest BCUT2D eigenvalue weighted by Crippen LogP contribution is -2.31. The molecule has 1 N–H and O–H groups in total. The molecule has 0 radical (unpaired) electrons. The van der Waals surface area contributed by atoms with Crippen LogP contribution in [-0.2, 0) is 11.2 Å². The van der Waals surface area contributed by atoms with Crippen LogP contribution in [0.25, 0.3) is 0 Å². The van der Waals surface area contributed by atoms with Crippen molar-refractivity contribution in [2.75, 3.05) is 6.54 Å². The number of H-pyrrole nitrogens is 1. The standard InChI is InChI=1S/C21H23N3O2/c1-14-17(15(2)23-21(26)18(14)13-22)10-11-20(25)24-12-6-9-19(24)16-7-4-3-5-8-16/h3-5,7-8,19H,6,9-12H2,1-2H3,(H,23,26)/t19-/m1/s1. The predicted molar refractivity (Wildman–Crippen MR) is 99.7 cm³/mol. The van der Waals surface area contributed by atoms with E-state index in [4.69, 9.17) is 0 Å². The van der Waals surface area contributed by atoms with Crippen LogP contribution in [0.1, 0.15) is 53.3 Å². The molecule has 2 heterocycles. The maximum Gasteiger partial charge on any atom is 0.266 e. The first kappa shape index (κ1) is 17.9. The van der Waals surface area contributed by atoms with E-state index in [0.717, 1.165) is 30.6 Å². The summed E-state index contributed by atoms with van der Waals surface area (Å²) in [5, 5.41) is 9.18. The Bertz CT molecular complexity index is 909. The van der Waals surface area contributed by atoms with E-state index in [-0.39, 0.29) is 23.1 Å². The number of nitriles is 1. The van der Waals surface area contributed by atoms with Crippen molar-refractivity contribution >= 4 is 5.91 Å². The molecule has 1 fully saturated rings. The van der Waals surface area contributed by atoms with Gasteiger partial charge in [0.05, 0.1) is 6.04 Å². The molecular formula is C21H23N3O2. The van der Waals surface area contributed by atoms with Gasteiger partial charge in [-0.3, -0.25) is 9.59 Å². The van der Waals surface area contributed by atoms with Gasteiger partial charge in [0, 0.05) is 18.7 Å². The lowest BCUT2D eigenvalue weighted by atomic mass is 9.98. The lowest BCUT2D eigenvalue weighted by molar-refractivity contribution is -0.132. The minimum Gasteiger partial charge on any atom is -0.336 e. The van der Waals surface area contributed by atoms with E-state index in [1.165, 1.54) is 5.56 Å². The van der Waals surface area contributed by atoms with Crippen molar-refractivity contribution in [3.8, 4) is 6.07 Å². The highest BCUT2D eigenvalue weighted by Crippen LogP contribution is 2.32. The zero-order valence-corrected chi connectivity index (χ0v) is 15.2. The molecule has 1 aromatic heterocycles. The van der Waals surface area contributed by atoms with Crippen molar-refractivity contribution < 1.29 is 4.79 Å². The number of nitrogens with zero attached hydrogens (tertiary/aromatic N) is 2. The third kappa shape index (κ3) is 3.41. The Hall–Kier alpha value is -2.87. The SMILES string of the molecule is Cc1[nH]c(=O)c(C#N)c(C)c1CCC(=O)N1CCC[C@@H]1c1ccccc1. The quantitative estimate of drug-likeness (QED) is 0.921. The number of carbonyl (C=O) groups is 1. The number of amides is 1. The molecule has 2 aromatic rings. The average Bonchev–Trinajstić information content (AvgIpc) is 3.12.